The summed E-state index contributed by atoms with van der Waals surface area (Å²) in [4.78, 5) is 12.6. The molecule has 0 radical (unpaired) electrons. The molecule has 120 valence electrons. The number of hydrogen-bond acceptors (Lipinski definition) is 5. The maximum Gasteiger partial charge on any atom is 0.397 e. The predicted molar refractivity (Wildman–Crippen MR) is 78.8 cm³/mol. The van der Waals surface area contributed by atoms with Crippen LogP contribution in [0.2, 0.25) is 0 Å². The highest BCUT2D eigenvalue weighted by Gasteiger charge is 2.02. The summed E-state index contributed by atoms with van der Waals surface area (Å²) >= 11 is 0. The molecule has 0 aromatic heterocycles. The van der Waals surface area contributed by atoms with Gasteiger partial charge in [-0.1, -0.05) is 13.5 Å². The summed E-state index contributed by atoms with van der Waals surface area (Å²) in [5, 5.41) is 2.69. The molecule has 0 bridgehead atoms. The Morgan fingerprint density at radius 1 is 1.40 bits per heavy atom. The molecule has 0 aliphatic rings. The summed E-state index contributed by atoms with van der Waals surface area (Å²) < 4.78 is 32.2. The molecule has 7 nitrogen and oxygen atoms in total. The van der Waals surface area contributed by atoms with Crippen LogP contribution in [-0.4, -0.2) is 57.6 Å². The van der Waals surface area contributed by atoms with Gasteiger partial charge in [0.05, 0.1) is 6.61 Å². The van der Waals surface area contributed by atoms with Gasteiger partial charge in [0, 0.05) is 12.1 Å². The topological polar surface area (TPSA) is 95.9 Å². The van der Waals surface area contributed by atoms with Crippen LogP contribution in [0.15, 0.2) is 12.2 Å². The zero-order valence-electron chi connectivity index (χ0n) is 12.7. The highest BCUT2D eigenvalue weighted by atomic mass is 32.3. The van der Waals surface area contributed by atoms with Crippen molar-refractivity contribution in [1.29, 1.82) is 0 Å². The molecule has 0 aliphatic carbocycles. The predicted octanol–water partition coefficient (Wildman–Crippen LogP) is 0.846. The van der Waals surface area contributed by atoms with Crippen molar-refractivity contribution in [2.45, 2.75) is 26.7 Å². The van der Waals surface area contributed by atoms with E-state index in [1.54, 1.807) is 6.92 Å². The third-order valence-corrected chi connectivity index (χ3v) is 2.37. The lowest BCUT2D eigenvalue weighted by atomic mass is 10.3. The molecule has 0 spiro atoms. The number of hydrogen-bond donors (Lipinski definition) is 2. The second-order valence-electron chi connectivity index (χ2n) is 4.44. The Bertz CT molecular complexity index is 379. The Morgan fingerprint density at radius 2 is 1.95 bits per heavy atom. The second-order valence-corrected chi connectivity index (χ2v) is 5.53. The van der Waals surface area contributed by atoms with E-state index in [0.29, 0.717) is 12.0 Å². The lowest BCUT2D eigenvalue weighted by molar-refractivity contribution is -0.117. The van der Waals surface area contributed by atoms with E-state index < -0.39 is 10.4 Å². The van der Waals surface area contributed by atoms with Crippen molar-refractivity contribution in [3.05, 3.63) is 12.2 Å². The zero-order chi connectivity index (χ0) is 16.2. The third kappa shape index (κ3) is 19.4. The van der Waals surface area contributed by atoms with Gasteiger partial charge in [-0.05, 0) is 40.4 Å². The van der Waals surface area contributed by atoms with Gasteiger partial charge in [0.2, 0.25) is 5.91 Å². The molecule has 0 saturated heterocycles. The van der Waals surface area contributed by atoms with Gasteiger partial charge >= 0.3 is 10.4 Å². The Hall–Kier alpha value is -0.960. The summed E-state index contributed by atoms with van der Waals surface area (Å²) in [6, 6.07) is 0. The van der Waals surface area contributed by atoms with Crippen molar-refractivity contribution in [3.63, 3.8) is 0 Å². The first kappa shape index (κ1) is 21.3. The molecule has 0 rings (SSSR count). The van der Waals surface area contributed by atoms with Gasteiger partial charge in [0.1, 0.15) is 0 Å². The third-order valence-electron chi connectivity index (χ3n) is 1.91. The quantitative estimate of drug-likeness (QED) is 0.392. The van der Waals surface area contributed by atoms with Gasteiger partial charge in [0.25, 0.3) is 0 Å². The minimum atomic E-state index is -4.24. The minimum Gasteiger partial charge on any atom is -0.352 e. The van der Waals surface area contributed by atoms with Crippen LogP contribution in [0.4, 0.5) is 0 Å². The van der Waals surface area contributed by atoms with Gasteiger partial charge in [0.15, 0.2) is 0 Å². The molecule has 20 heavy (non-hydrogen) atoms. The van der Waals surface area contributed by atoms with Gasteiger partial charge in [-0.2, -0.15) is 8.42 Å². The smallest absolute Gasteiger partial charge is 0.352 e. The molecule has 0 heterocycles. The molecule has 0 aromatic carbocycles. The molecule has 0 saturated carbocycles. The molecule has 0 unspecified atom stereocenters. The Morgan fingerprint density at radius 3 is 2.30 bits per heavy atom. The standard InChI is InChI=1S/C7H13NO.C5H13NO4S/c1-4-5-8-7(9)6(2)3;1-6(2)4-3-5-10-11(7,8)9/h2,4-5H2,1,3H3,(H,8,9);3-5H2,1-2H3,(H,7,8,9). The van der Waals surface area contributed by atoms with Crippen molar-refractivity contribution >= 4 is 16.3 Å². The zero-order valence-corrected chi connectivity index (χ0v) is 13.5. The summed E-state index contributed by atoms with van der Waals surface area (Å²) in [5.41, 5.74) is 0.573. The Balaban J connectivity index is 0. The fourth-order valence-electron chi connectivity index (χ4n) is 0.934. The second kappa shape index (κ2) is 11.8. The van der Waals surface area contributed by atoms with E-state index in [4.69, 9.17) is 4.55 Å². The molecule has 0 aliphatic heterocycles. The number of carbonyl (C=O) groups is 1. The van der Waals surface area contributed by atoms with E-state index in [1.165, 1.54) is 0 Å². The Kier molecular flexibility index (Phi) is 12.6. The fourth-order valence-corrected chi connectivity index (χ4v) is 1.26. The summed E-state index contributed by atoms with van der Waals surface area (Å²) in [6.07, 6.45) is 1.55. The summed E-state index contributed by atoms with van der Waals surface area (Å²) in [6.45, 7) is 8.71. The normalized spacial score (nSPS) is 10.7. The molecule has 2 N–H and O–H groups in total. The average molecular weight is 310 g/mol. The van der Waals surface area contributed by atoms with E-state index in [9.17, 15) is 13.2 Å². The van der Waals surface area contributed by atoms with Crippen LogP contribution in [0.5, 0.6) is 0 Å². The van der Waals surface area contributed by atoms with E-state index in [0.717, 1.165) is 19.5 Å². The molecular weight excluding hydrogens is 284 g/mol. The van der Waals surface area contributed by atoms with E-state index >= 15 is 0 Å². The van der Waals surface area contributed by atoms with Gasteiger partial charge < -0.3 is 10.2 Å². The van der Waals surface area contributed by atoms with Crippen molar-refractivity contribution in [3.8, 4) is 0 Å². The van der Waals surface area contributed by atoms with Crippen LogP contribution < -0.4 is 5.32 Å². The van der Waals surface area contributed by atoms with Crippen molar-refractivity contribution in [1.82, 2.24) is 10.2 Å². The highest BCUT2D eigenvalue weighted by molar-refractivity contribution is 7.80. The maximum absolute atomic E-state index is 10.7. The van der Waals surface area contributed by atoms with Gasteiger partial charge in [-0.25, -0.2) is 4.18 Å². The largest absolute Gasteiger partial charge is 0.397 e. The monoisotopic (exact) mass is 310 g/mol. The molecule has 0 atom stereocenters. The van der Waals surface area contributed by atoms with Crippen LogP contribution in [0.3, 0.4) is 0 Å². The molecule has 8 heteroatoms. The first-order valence-electron chi connectivity index (χ1n) is 6.30. The number of nitrogens with one attached hydrogen (secondary N) is 1. The van der Waals surface area contributed by atoms with Gasteiger partial charge in [-0.15, -0.1) is 0 Å². The van der Waals surface area contributed by atoms with Gasteiger partial charge in [-0.3, -0.25) is 9.35 Å². The molecule has 0 aromatic rings. The van der Waals surface area contributed by atoms with Crippen LogP contribution in [0, 0.1) is 0 Å². The number of rotatable bonds is 8. The highest BCUT2D eigenvalue weighted by Crippen LogP contribution is 1.90. The SMILES string of the molecule is C=C(C)C(=O)NCCC.CN(C)CCCOS(=O)(=O)O. The number of amides is 1. The van der Waals surface area contributed by atoms with Crippen LogP contribution in [0.25, 0.3) is 0 Å². The molecule has 1 amide bonds. The number of nitrogens with zero attached hydrogens (tertiary/aromatic N) is 1. The van der Waals surface area contributed by atoms with Crippen molar-refractivity contribution < 1.29 is 21.9 Å². The number of carbonyl (C=O) groups excluding carboxylic acids is 1. The van der Waals surface area contributed by atoms with Crippen molar-refractivity contribution in [2.24, 2.45) is 0 Å². The van der Waals surface area contributed by atoms with Crippen LogP contribution in [0.1, 0.15) is 26.7 Å². The van der Waals surface area contributed by atoms with Crippen LogP contribution in [-0.2, 0) is 19.4 Å². The summed E-state index contributed by atoms with van der Waals surface area (Å²) in [7, 11) is -0.504. The average Bonchev–Trinajstić information content (AvgIpc) is 2.31. The molecule has 0 fully saturated rings. The fraction of sp³-hybridized carbons (Fsp3) is 0.750. The Labute approximate surface area is 121 Å². The first-order chi connectivity index (χ1) is 9.10. The van der Waals surface area contributed by atoms with E-state index in [-0.39, 0.29) is 12.5 Å². The van der Waals surface area contributed by atoms with E-state index in [2.05, 4.69) is 16.1 Å². The minimum absolute atomic E-state index is 0.0248. The van der Waals surface area contributed by atoms with E-state index in [1.807, 2.05) is 25.9 Å². The maximum atomic E-state index is 10.7. The van der Waals surface area contributed by atoms with Crippen molar-refractivity contribution in [2.75, 3.05) is 33.8 Å². The summed E-state index contributed by atoms with van der Waals surface area (Å²) in [5.74, 6) is -0.0446. The lowest BCUT2D eigenvalue weighted by Crippen LogP contribution is -2.24. The van der Waals surface area contributed by atoms with Crippen LogP contribution >= 0.6 is 0 Å². The first-order valence-corrected chi connectivity index (χ1v) is 7.67. The molecular formula is C12H26N2O5S. The lowest BCUT2D eigenvalue weighted by Gasteiger charge is -2.07.